The van der Waals surface area contributed by atoms with Crippen molar-refractivity contribution in [3.8, 4) is 22.8 Å². The molecule has 4 rings (SSSR count). The number of methoxy groups -OCH3 is 2. The molecule has 0 saturated heterocycles. The Morgan fingerprint density at radius 1 is 1.18 bits per heavy atom. The molecule has 0 radical (unpaired) electrons. The van der Waals surface area contributed by atoms with Gasteiger partial charge in [-0.25, -0.2) is 14.5 Å². The molecule has 0 aliphatic carbocycles. The summed E-state index contributed by atoms with van der Waals surface area (Å²) < 4.78 is 12.2. The van der Waals surface area contributed by atoms with Gasteiger partial charge in [0.2, 0.25) is 5.82 Å². The zero-order chi connectivity index (χ0) is 19.7. The van der Waals surface area contributed by atoms with E-state index in [9.17, 15) is 4.79 Å². The fraction of sp³-hybridized carbons (Fsp3) is 0.167. The van der Waals surface area contributed by atoms with Crippen LogP contribution in [0.15, 0.2) is 35.8 Å². The van der Waals surface area contributed by atoms with Crippen LogP contribution in [0, 0.1) is 6.92 Å². The third kappa shape index (κ3) is 3.25. The van der Waals surface area contributed by atoms with E-state index in [-0.39, 0.29) is 5.82 Å². The quantitative estimate of drug-likeness (QED) is 0.553. The van der Waals surface area contributed by atoms with Crippen LogP contribution in [-0.4, -0.2) is 44.7 Å². The van der Waals surface area contributed by atoms with Gasteiger partial charge in [-0.05, 0) is 31.2 Å². The second kappa shape index (κ2) is 7.24. The van der Waals surface area contributed by atoms with Gasteiger partial charge in [-0.15, -0.1) is 16.4 Å². The van der Waals surface area contributed by atoms with Crippen molar-refractivity contribution in [1.82, 2.24) is 24.6 Å². The number of ether oxygens (including phenoxy) is 2. The number of carbonyl (C=O) groups is 1. The Labute approximate surface area is 164 Å². The number of thiazole rings is 1. The molecule has 9 nitrogen and oxygen atoms in total. The maximum absolute atomic E-state index is 12.5. The minimum atomic E-state index is -0.455. The summed E-state index contributed by atoms with van der Waals surface area (Å²) in [5.41, 5.74) is 2.26. The number of benzene rings is 1. The lowest BCUT2D eigenvalue weighted by Gasteiger charge is -2.08. The van der Waals surface area contributed by atoms with E-state index in [4.69, 9.17) is 9.47 Å². The van der Waals surface area contributed by atoms with Crippen molar-refractivity contribution in [3.63, 3.8) is 0 Å². The normalized spacial score (nSPS) is 10.8. The van der Waals surface area contributed by atoms with E-state index in [0.717, 1.165) is 11.3 Å². The van der Waals surface area contributed by atoms with Crippen molar-refractivity contribution >= 4 is 28.2 Å². The number of hydrogen-bond donors (Lipinski definition) is 1. The average Bonchev–Trinajstić information content (AvgIpc) is 3.35. The number of carbonyl (C=O) groups excluding carboxylic acids is 1. The van der Waals surface area contributed by atoms with Crippen LogP contribution in [0.1, 0.15) is 16.3 Å². The minimum absolute atomic E-state index is 0.0255. The third-order valence-electron chi connectivity index (χ3n) is 4.04. The van der Waals surface area contributed by atoms with E-state index >= 15 is 0 Å². The molecule has 28 heavy (non-hydrogen) atoms. The molecule has 1 aromatic carbocycles. The lowest BCUT2D eigenvalue weighted by molar-refractivity contribution is 0.101. The molecule has 4 aromatic rings. The largest absolute Gasteiger partial charge is 0.497 e. The fourth-order valence-corrected chi connectivity index (χ4v) is 3.33. The van der Waals surface area contributed by atoms with Crippen LogP contribution >= 0.6 is 11.3 Å². The number of aromatic nitrogens is 5. The van der Waals surface area contributed by atoms with Crippen molar-refractivity contribution in [2.45, 2.75) is 6.92 Å². The first-order chi connectivity index (χ1) is 13.6. The summed E-state index contributed by atoms with van der Waals surface area (Å²) in [4.78, 5) is 25.2. The third-order valence-corrected chi connectivity index (χ3v) is 4.80. The van der Waals surface area contributed by atoms with Gasteiger partial charge >= 0.3 is 0 Å². The van der Waals surface area contributed by atoms with Gasteiger partial charge in [0.15, 0.2) is 5.13 Å². The molecular weight excluding hydrogens is 380 g/mol. The zero-order valence-electron chi connectivity index (χ0n) is 15.3. The molecule has 10 heteroatoms. The van der Waals surface area contributed by atoms with Gasteiger partial charge in [-0.3, -0.25) is 10.1 Å². The Balaban J connectivity index is 1.59. The minimum Gasteiger partial charge on any atom is -0.497 e. The van der Waals surface area contributed by atoms with Crippen LogP contribution in [0.4, 0.5) is 5.13 Å². The highest BCUT2D eigenvalue weighted by molar-refractivity contribution is 7.14. The monoisotopic (exact) mass is 396 g/mol. The van der Waals surface area contributed by atoms with Gasteiger partial charge in [0, 0.05) is 22.8 Å². The average molecular weight is 396 g/mol. The van der Waals surface area contributed by atoms with E-state index in [0.29, 0.717) is 28.1 Å². The number of fused-ring (bicyclic) bond motifs is 1. The van der Waals surface area contributed by atoms with E-state index < -0.39 is 5.91 Å². The zero-order valence-corrected chi connectivity index (χ0v) is 16.1. The van der Waals surface area contributed by atoms with Gasteiger partial charge in [0.25, 0.3) is 11.7 Å². The number of nitrogens with one attached hydrogen (secondary N) is 1. The standard InChI is InChI=1S/C18H16N6O3S/c1-10-6-7-19-17-21-15(23-24(10)17)16(25)22-18-20-13(9-28-18)12-8-11(26-2)4-5-14(12)27-3/h4-9H,1-3H3,(H,20,22,25). The summed E-state index contributed by atoms with van der Waals surface area (Å²) in [6, 6.07) is 7.24. The molecule has 0 aliphatic rings. The molecule has 0 atom stereocenters. The second-order valence-corrected chi connectivity index (χ2v) is 6.65. The molecule has 142 valence electrons. The van der Waals surface area contributed by atoms with Crippen LogP contribution in [0.5, 0.6) is 11.5 Å². The maximum Gasteiger partial charge on any atom is 0.297 e. The highest BCUT2D eigenvalue weighted by Crippen LogP contribution is 2.35. The van der Waals surface area contributed by atoms with E-state index in [1.165, 1.54) is 15.9 Å². The first-order valence-corrected chi connectivity index (χ1v) is 9.14. The number of hydrogen-bond acceptors (Lipinski definition) is 8. The Hall–Kier alpha value is -3.53. The molecular formula is C18H16N6O3S. The van der Waals surface area contributed by atoms with Crippen molar-refractivity contribution in [1.29, 1.82) is 0 Å². The Kier molecular flexibility index (Phi) is 4.62. The molecule has 1 N–H and O–H groups in total. The molecule has 0 aliphatic heterocycles. The molecule has 0 spiro atoms. The van der Waals surface area contributed by atoms with E-state index in [1.54, 1.807) is 26.5 Å². The Morgan fingerprint density at radius 2 is 2.04 bits per heavy atom. The van der Waals surface area contributed by atoms with E-state index in [2.05, 4.69) is 25.4 Å². The number of aryl methyl sites for hydroxylation is 1. The number of nitrogens with zero attached hydrogens (tertiary/aromatic N) is 5. The number of anilines is 1. The molecule has 0 fully saturated rings. The predicted octanol–water partition coefficient (Wildman–Crippen LogP) is 2.83. The highest BCUT2D eigenvalue weighted by atomic mass is 32.1. The first-order valence-electron chi connectivity index (χ1n) is 8.26. The predicted molar refractivity (Wildman–Crippen MR) is 104 cm³/mol. The smallest absolute Gasteiger partial charge is 0.297 e. The lowest BCUT2D eigenvalue weighted by atomic mass is 10.1. The van der Waals surface area contributed by atoms with Gasteiger partial charge in [-0.2, -0.15) is 4.98 Å². The second-order valence-electron chi connectivity index (χ2n) is 5.79. The summed E-state index contributed by atoms with van der Waals surface area (Å²) >= 11 is 1.29. The lowest BCUT2D eigenvalue weighted by Crippen LogP contribution is -2.13. The first kappa shape index (κ1) is 17.9. The molecule has 3 aromatic heterocycles. The summed E-state index contributed by atoms with van der Waals surface area (Å²) in [5.74, 6) is 1.28. The van der Waals surface area contributed by atoms with E-state index in [1.807, 2.05) is 30.5 Å². The van der Waals surface area contributed by atoms with Gasteiger partial charge in [0.1, 0.15) is 11.5 Å². The molecule has 1 amide bonds. The summed E-state index contributed by atoms with van der Waals surface area (Å²) in [5, 5.41) is 9.17. The van der Waals surface area contributed by atoms with Crippen molar-refractivity contribution in [2.75, 3.05) is 19.5 Å². The van der Waals surface area contributed by atoms with Crippen LogP contribution in [0.2, 0.25) is 0 Å². The summed E-state index contributed by atoms with van der Waals surface area (Å²) in [6.45, 7) is 1.86. The molecule has 0 unspecified atom stereocenters. The van der Waals surface area contributed by atoms with Crippen LogP contribution in [0.25, 0.3) is 17.0 Å². The SMILES string of the molecule is COc1ccc(OC)c(-c2csc(NC(=O)c3nc4nccc(C)n4n3)n2)c1. The Morgan fingerprint density at radius 3 is 2.79 bits per heavy atom. The topological polar surface area (TPSA) is 104 Å². The van der Waals surface area contributed by atoms with Gasteiger partial charge in [0.05, 0.1) is 19.9 Å². The number of rotatable bonds is 5. The maximum atomic E-state index is 12.5. The summed E-state index contributed by atoms with van der Waals surface area (Å²) in [6.07, 6.45) is 1.62. The van der Waals surface area contributed by atoms with Crippen LogP contribution < -0.4 is 14.8 Å². The van der Waals surface area contributed by atoms with Crippen LogP contribution in [-0.2, 0) is 0 Å². The van der Waals surface area contributed by atoms with Gasteiger partial charge in [-0.1, -0.05) is 0 Å². The van der Waals surface area contributed by atoms with Crippen LogP contribution in [0.3, 0.4) is 0 Å². The van der Waals surface area contributed by atoms with Crippen molar-refractivity contribution < 1.29 is 14.3 Å². The molecule has 0 saturated carbocycles. The highest BCUT2D eigenvalue weighted by Gasteiger charge is 2.17. The van der Waals surface area contributed by atoms with Crippen molar-refractivity contribution in [3.05, 3.63) is 47.4 Å². The van der Waals surface area contributed by atoms with Gasteiger partial charge < -0.3 is 9.47 Å². The number of amides is 1. The Bertz CT molecular complexity index is 1170. The molecule has 0 bridgehead atoms. The molecule has 3 heterocycles. The summed E-state index contributed by atoms with van der Waals surface area (Å²) in [7, 11) is 3.18. The fourth-order valence-electron chi connectivity index (χ4n) is 2.62. The van der Waals surface area contributed by atoms with Crippen molar-refractivity contribution in [2.24, 2.45) is 0 Å².